The number of carbonyl (C=O) groups excluding carboxylic acids is 2. The van der Waals surface area contributed by atoms with Crippen molar-refractivity contribution in [2.45, 2.75) is 26.2 Å². The Bertz CT molecular complexity index is 1140. The van der Waals surface area contributed by atoms with Crippen LogP contribution in [0.3, 0.4) is 0 Å². The number of aryl methyl sites for hydroxylation is 1. The van der Waals surface area contributed by atoms with Crippen molar-refractivity contribution in [2.75, 3.05) is 18.4 Å². The number of ketones is 1. The maximum atomic E-state index is 12.8. The Morgan fingerprint density at radius 1 is 1.32 bits per heavy atom. The van der Waals surface area contributed by atoms with Crippen LogP contribution in [0.15, 0.2) is 48.1 Å². The maximum Gasteiger partial charge on any atom is 0.246 e. The number of nitrogens with zero attached hydrogens (tertiary/aromatic N) is 2. The summed E-state index contributed by atoms with van der Waals surface area (Å²) in [5.41, 5.74) is 5.45. The monoisotopic (exact) mass is 431 g/mol. The Morgan fingerprint density at radius 2 is 2.19 bits per heavy atom. The van der Waals surface area contributed by atoms with Gasteiger partial charge in [-0.2, -0.15) is 0 Å². The minimum atomic E-state index is 0.0496. The van der Waals surface area contributed by atoms with Crippen molar-refractivity contribution in [1.82, 2.24) is 9.88 Å². The summed E-state index contributed by atoms with van der Waals surface area (Å²) in [7, 11) is 0. The highest BCUT2D eigenvalue weighted by Crippen LogP contribution is 2.42. The van der Waals surface area contributed by atoms with Crippen molar-refractivity contribution in [3.05, 3.63) is 69.7 Å². The molecule has 1 fully saturated rings. The first kappa shape index (κ1) is 19.9. The molecule has 158 valence electrons. The van der Waals surface area contributed by atoms with E-state index < -0.39 is 0 Å². The van der Waals surface area contributed by atoms with Gasteiger partial charge in [-0.25, -0.2) is 4.98 Å². The van der Waals surface area contributed by atoms with Crippen molar-refractivity contribution >= 4 is 40.5 Å². The summed E-state index contributed by atoms with van der Waals surface area (Å²) >= 11 is 1.51. The van der Waals surface area contributed by atoms with Gasteiger partial charge in [0.1, 0.15) is 5.82 Å². The van der Waals surface area contributed by atoms with Crippen molar-refractivity contribution in [2.24, 2.45) is 11.8 Å². The van der Waals surface area contributed by atoms with Crippen LogP contribution in [0.2, 0.25) is 0 Å². The summed E-state index contributed by atoms with van der Waals surface area (Å²) in [6, 6.07) is 4.14. The van der Waals surface area contributed by atoms with Gasteiger partial charge in [0.25, 0.3) is 0 Å². The van der Waals surface area contributed by atoms with Crippen LogP contribution in [0.4, 0.5) is 5.82 Å². The van der Waals surface area contributed by atoms with Crippen LogP contribution in [-0.4, -0.2) is 34.7 Å². The fourth-order valence-corrected chi connectivity index (χ4v) is 5.67. The molecule has 0 aromatic carbocycles. The van der Waals surface area contributed by atoms with Crippen LogP contribution in [0.25, 0.3) is 11.6 Å². The second-order valence-electron chi connectivity index (χ2n) is 8.62. The van der Waals surface area contributed by atoms with Gasteiger partial charge < -0.3 is 10.2 Å². The number of hydrogen-bond donors (Lipinski definition) is 1. The summed E-state index contributed by atoms with van der Waals surface area (Å²) in [6.45, 7) is 7.10. The number of allylic oxidation sites excluding steroid dienone is 2. The summed E-state index contributed by atoms with van der Waals surface area (Å²) in [5, 5.41) is 5.20. The minimum Gasteiger partial charge on any atom is -0.344 e. The first-order chi connectivity index (χ1) is 15.0. The molecule has 31 heavy (non-hydrogen) atoms. The fourth-order valence-electron chi connectivity index (χ4n) is 4.84. The zero-order valence-corrected chi connectivity index (χ0v) is 18.4. The number of rotatable bonds is 4. The molecule has 0 bridgehead atoms. The van der Waals surface area contributed by atoms with E-state index in [0.29, 0.717) is 11.8 Å². The lowest BCUT2D eigenvalue weighted by Gasteiger charge is -2.19. The molecule has 5 nitrogen and oxygen atoms in total. The molecular weight excluding hydrogens is 406 g/mol. The first-order valence-corrected chi connectivity index (χ1v) is 11.6. The molecule has 6 heteroatoms. The maximum absolute atomic E-state index is 12.8. The Labute approximate surface area is 186 Å². The number of nitrogens with one attached hydrogen (secondary N) is 1. The average Bonchev–Trinajstić information content (AvgIpc) is 3.46. The zero-order valence-electron chi connectivity index (χ0n) is 17.6. The molecule has 5 rings (SSSR count). The molecule has 1 amide bonds. The normalized spacial score (nSPS) is 22.3. The summed E-state index contributed by atoms with van der Waals surface area (Å²) in [4.78, 5) is 31.9. The lowest BCUT2D eigenvalue weighted by Crippen LogP contribution is -2.27. The van der Waals surface area contributed by atoms with Crippen LogP contribution >= 0.6 is 11.3 Å². The summed E-state index contributed by atoms with van der Waals surface area (Å²) in [5.74, 6) is 1.86. The number of carbonyl (C=O) groups is 2. The van der Waals surface area contributed by atoms with E-state index in [-0.39, 0.29) is 11.7 Å². The Hall–Kier alpha value is -2.99. The van der Waals surface area contributed by atoms with Gasteiger partial charge in [-0.15, -0.1) is 11.3 Å². The van der Waals surface area contributed by atoms with Crippen LogP contribution in [0, 0.1) is 11.8 Å². The van der Waals surface area contributed by atoms with Gasteiger partial charge in [-0.1, -0.05) is 12.7 Å². The second-order valence-corrected chi connectivity index (χ2v) is 9.54. The number of anilines is 1. The molecular formula is C25H25N3O2S. The van der Waals surface area contributed by atoms with Crippen LogP contribution in [-0.2, 0) is 11.2 Å². The number of likely N-dealkylation sites (tertiary alicyclic amines) is 1. The largest absolute Gasteiger partial charge is 0.344 e. The lowest BCUT2D eigenvalue weighted by molar-refractivity contribution is -0.125. The van der Waals surface area contributed by atoms with Gasteiger partial charge in [0.05, 0.1) is 4.88 Å². The molecule has 1 aliphatic carbocycles. The van der Waals surface area contributed by atoms with Gasteiger partial charge in [-0.3, -0.25) is 9.59 Å². The van der Waals surface area contributed by atoms with Crippen molar-refractivity contribution < 1.29 is 9.59 Å². The van der Waals surface area contributed by atoms with E-state index in [4.69, 9.17) is 0 Å². The smallest absolute Gasteiger partial charge is 0.246 e. The molecule has 1 saturated heterocycles. The van der Waals surface area contributed by atoms with E-state index in [2.05, 4.69) is 35.1 Å². The Morgan fingerprint density at radius 3 is 3.00 bits per heavy atom. The quantitative estimate of drug-likeness (QED) is 0.558. The average molecular weight is 432 g/mol. The summed E-state index contributed by atoms with van der Waals surface area (Å²) in [6.07, 6.45) is 10.4. The predicted octanol–water partition coefficient (Wildman–Crippen LogP) is 4.79. The van der Waals surface area contributed by atoms with Crippen molar-refractivity contribution in [3.63, 3.8) is 0 Å². The highest BCUT2D eigenvalue weighted by Gasteiger charge is 2.38. The van der Waals surface area contributed by atoms with E-state index >= 15 is 0 Å². The summed E-state index contributed by atoms with van der Waals surface area (Å²) < 4.78 is 0. The van der Waals surface area contributed by atoms with E-state index in [1.165, 1.54) is 16.9 Å². The standard InChI is InChI=1S/C25H25N3O2S/c1-15-3-5-18-9-17(12-26-25(18)27-15)4-6-23(30)28-13-20-10-19(11-21(20)14-28)22-7-8-31-24(22)16(2)29/h4,6-10,12,20-21H,1,3,5,11,13-14H2,2H3,(H,26,27)/b6-4+. The molecule has 2 aromatic heterocycles. The highest BCUT2D eigenvalue weighted by molar-refractivity contribution is 7.12. The number of thiophene rings is 1. The van der Waals surface area contributed by atoms with Crippen LogP contribution in [0.5, 0.6) is 0 Å². The first-order valence-electron chi connectivity index (χ1n) is 10.7. The minimum absolute atomic E-state index is 0.0496. The SMILES string of the molecule is C=C1CCc2cc(/C=C/C(=O)N3CC4C=C(c5ccsc5C(C)=O)CC4C3)cnc2N1. The van der Waals surface area contributed by atoms with Crippen LogP contribution in [0.1, 0.15) is 46.1 Å². The molecule has 1 N–H and O–H groups in total. The van der Waals surface area contributed by atoms with Gasteiger partial charge in [0.2, 0.25) is 5.91 Å². The van der Waals surface area contributed by atoms with E-state index in [0.717, 1.165) is 65.4 Å². The van der Waals surface area contributed by atoms with Crippen molar-refractivity contribution in [3.8, 4) is 0 Å². The third-order valence-corrected chi connectivity index (χ3v) is 7.44. The van der Waals surface area contributed by atoms with E-state index in [1.54, 1.807) is 19.2 Å². The van der Waals surface area contributed by atoms with Gasteiger partial charge >= 0.3 is 0 Å². The number of hydrogen-bond acceptors (Lipinski definition) is 5. The number of pyridine rings is 1. The van der Waals surface area contributed by atoms with Gasteiger partial charge in [-0.05, 0) is 83.9 Å². The van der Waals surface area contributed by atoms with E-state index in [9.17, 15) is 9.59 Å². The van der Waals surface area contributed by atoms with Crippen molar-refractivity contribution in [1.29, 1.82) is 0 Å². The number of amides is 1. The van der Waals surface area contributed by atoms with Gasteiger partial charge in [0.15, 0.2) is 5.78 Å². The topological polar surface area (TPSA) is 62.3 Å². The number of Topliss-reactive ketones (excluding diaryl/α,β-unsaturated/α-hetero) is 1. The molecule has 2 atom stereocenters. The second kappa shape index (κ2) is 7.93. The molecule has 0 spiro atoms. The van der Waals surface area contributed by atoms with Gasteiger partial charge in [0, 0.05) is 31.1 Å². The van der Waals surface area contributed by atoms with E-state index in [1.807, 2.05) is 16.4 Å². The number of fused-ring (bicyclic) bond motifs is 2. The molecule has 2 unspecified atom stereocenters. The molecule has 0 saturated carbocycles. The zero-order chi connectivity index (χ0) is 21.5. The Balaban J connectivity index is 1.24. The lowest BCUT2D eigenvalue weighted by atomic mass is 9.98. The molecule has 0 radical (unpaired) electrons. The Kier molecular flexibility index (Phi) is 5.10. The third-order valence-electron chi connectivity index (χ3n) is 6.43. The molecule has 3 aliphatic rings. The molecule has 2 aliphatic heterocycles. The predicted molar refractivity (Wildman–Crippen MR) is 125 cm³/mol. The highest BCUT2D eigenvalue weighted by atomic mass is 32.1. The molecule has 2 aromatic rings. The fraction of sp³-hybridized carbons (Fsp3) is 0.320. The third kappa shape index (κ3) is 3.88. The molecule has 4 heterocycles. The number of aromatic nitrogens is 1. The van der Waals surface area contributed by atoms with Crippen LogP contribution < -0.4 is 5.32 Å².